The summed E-state index contributed by atoms with van der Waals surface area (Å²) in [6.07, 6.45) is 0.367. The molecule has 0 bridgehead atoms. The molecule has 1 N–H and O–H groups in total. The summed E-state index contributed by atoms with van der Waals surface area (Å²) in [5.74, 6) is 0.252. The summed E-state index contributed by atoms with van der Waals surface area (Å²) < 4.78 is 13.9. The molecule has 7 nitrogen and oxygen atoms in total. The third-order valence-electron chi connectivity index (χ3n) is 3.06. The van der Waals surface area contributed by atoms with E-state index in [4.69, 9.17) is 5.11 Å². The lowest BCUT2D eigenvalue weighted by Gasteiger charge is -2.07. The van der Waals surface area contributed by atoms with E-state index in [0.717, 1.165) is 4.90 Å². The van der Waals surface area contributed by atoms with Crippen molar-refractivity contribution in [2.24, 2.45) is 0 Å². The Kier molecular flexibility index (Phi) is 3.60. The number of fused-ring (bicyclic) bond motifs is 1. The predicted octanol–water partition coefficient (Wildman–Crippen LogP) is 2.01. The van der Waals surface area contributed by atoms with Crippen molar-refractivity contribution >= 4 is 28.4 Å². The van der Waals surface area contributed by atoms with Crippen LogP contribution in [0, 0.1) is 0 Å². The zero-order valence-corrected chi connectivity index (χ0v) is 12.4. The molecule has 0 saturated carbocycles. The number of nitrogens with zero attached hydrogens (tertiary/aromatic N) is 4. The molecule has 1 aromatic carbocycles. The van der Waals surface area contributed by atoms with E-state index in [9.17, 15) is 9.00 Å². The topological polar surface area (TPSA) is 87.8 Å². The van der Waals surface area contributed by atoms with E-state index in [0.29, 0.717) is 15.6 Å². The van der Waals surface area contributed by atoms with Gasteiger partial charge in [-0.05, 0) is 24.3 Å². The summed E-state index contributed by atoms with van der Waals surface area (Å²) in [6, 6.07) is 12.3. The van der Waals surface area contributed by atoms with Crippen molar-refractivity contribution in [3.05, 3.63) is 48.7 Å². The molecule has 2 aromatic heterocycles. The number of imidazole rings is 1. The lowest BCUT2D eigenvalue weighted by atomic mass is 10.4. The number of carbonyl (C=O) groups is 1. The minimum Gasteiger partial charge on any atom is -0.465 e. The van der Waals surface area contributed by atoms with Crippen molar-refractivity contribution < 1.29 is 14.1 Å². The highest BCUT2D eigenvalue weighted by atomic mass is 32.2. The molecule has 22 heavy (non-hydrogen) atoms. The van der Waals surface area contributed by atoms with Crippen LogP contribution in [0.1, 0.15) is 0 Å². The van der Waals surface area contributed by atoms with Crippen LogP contribution in [0.25, 0.3) is 5.65 Å². The van der Waals surface area contributed by atoms with Gasteiger partial charge in [0, 0.05) is 11.9 Å². The first kappa shape index (κ1) is 14.2. The highest BCUT2D eigenvalue weighted by molar-refractivity contribution is 7.85. The predicted molar refractivity (Wildman–Crippen MR) is 80.5 cm³/mol. The van der Waals surface area contributed by atoms with Gasteiger partial charge in [-0.3, -0.25) is 4.90 Å². The Bertz CT molecular complexity index is 863. The standard InChI is InChI=1S/C14H12N4O3S/c1-17(14(19)20)12-9-18-11(15-12)7-8-13(16-18)22(21)10-5-3-2-4-6-10/h2-9H,1H3,(H,19,20). The molecule has 0 saturated heterocycles. The van der Waals surface area contributed by atoms with Crippen LogP contribution in [0.2, 0.25) is 0 Å². The summed E-state index contributed by atoms with van der Waals surface area (Å²) in [6.45, 7) is 0. The first-order valence-corrected chi connectivity index (χ1v) is 7.51. The van der Waals surface area contributed by atoms with Gasteiger partial charge in [0.25, 0.3) is 0 Å². The third kappa shape index (κ3) is 2.56. The lowest BCUT2D eigenvalue weighted by Crippen LogP contribution is -2.23. The van der Waals surface area contributed by atoms with E-state index >= 15 is 0 Å². The normalized spacial score (nSPS) is 12.2. The number of aromatic nitrogens is 3. The minimum absolute atomic E-state index is 0.252. The van der Waals surface area contributed by atoms with E-state index in [1.54, 1.807) is 24.3 Å². The Labute approximate surface area is 128 Å². The first-order valence-electron chi connectivity index (χ1n) is 6.36. The highest BCUT2D eigenvalue weighted by Crippen LogP contribution is 2.17. The van der Waals surface area contributed by atoms with Gasteiger partial charge < -0.3 is 5.11 Å². The fourth-order valence-corrected chi connectivity index (χ4v) is 2.87. The van der Waals surface area contributed by atoms with Crippen LogP contribution in [-0.4, -0.2) is 37.1 Å². The first-order chi connectivity index (χ1) is 10.6. The summed E-state index contributed by atoms with van der Waals surface area (Å²) in [7, 11) is -0.00672. The van der Waals surface area contributed by atoms with Crippen LogP contribution in [0.3, 0.4) is 0 Å². The Morgan fingerprint density at radius 1 is 1.23 bits per heavy atom. The molecule has 1 unspecified atom stereocenters. The largest absolute Gasteiger partial charge is 0.465 e. The molecule has 0 aliphatic heterocycles. The molecule has 0 aliphatic rings. The van der Waals surface area contributed by atoms with Crippen molar-refractivity contribution in [2.45, 2.75) is 9.92 Å². The maximum absolute atomic E-state index is 12.4. The molecule has 0 aliphatic carbocycles. The van der Waals surface area contributed by atoms with Crippen molar-refractivity contribution in [3.8, 4) is 0 Å². The molecule has 1 atom stereocenters. The summed E-state index contributed by atoms with van der Waals surface area (Å²) in [4.78, 5) is 16.7. The number of hydrogen-bond donors (Lipinski definition) is 1. The Morgan fingerprint density at radius 3 is 2.64 bits per heavy atom. The average molecular weight is 316 g/mol. The number of amides is 1. The van der Waals surface area contributed by atoms with Gasteiger partial charge in [-0.15, -0.1) is 0 Å². The number of carboxylic acid groups (broad SMARTS) is 1. The zero-order valence-electron chi connectivity index (χ0n) is 11.6. The molecular formula is C14H12N4O3S. The van der Waals surface area contributed by atoms with Gasteiger partial charge >= 0.3 is 6.09 Å². The van der Waals surface area contributed by atoms with Crippen molar-refractivity contribution in [2.75, 3.05) is 11.9 Å². The van der Waals surface area contributed by atoms with Crippen LogP contribution in [-0.2, 0) is 10.8 Å². The van der Waals surface area contributed by atoms with Gasteiger partial charge in [0.1, 0.15) is 10.8 Å². The van der Waals surface area contributed by atoms with Crippen molar-refractivity contribution in [1.82, 2.24) is 14.6 Å². The maximum atomic E-state index is 12.4. The second-order valence-corrected chi connectivity index (χ2v) is 5.92. The van der Waals surface area contributed by atoms with Crippen LogP contribution >= 0.6 is 0 Å². The van der Waals surface area contributed by atoms with E-state index in [1.165, 1.54) is 17.8 Å². The molecule has 0 radical (unpaired) electrons. The van der Waals surface area contributed by atoms with Crippen LogP contribution < -0.4 is 4.90 Å². The van der Waals surface area contributed by atoms with E-state index < -0.39 is 16.9 Å². The summed E-state index contributed by atoms with van der Waals surface area (Å²) in [5, 5.41) is 13.6. The van der Waals surface area contributed by atoms with E-state index in [1.807, 2.05) is 18.2 Å². The maximum Gasteiger partial charge on any atom is 0.412 e. The lowest BCUT2D eigenvalue weighted by molar-refractivity contribution is 0.203. The average Bonchev–Trinajstić information content (AvgIpc) is 2.97. The third-order valence-corrected chi connectivity index (χ3v) is 4.36. The summed E-state index contributed by atoms with van der Waals surface area (Å²) in [5.41, 5.74) is 0.483. The van der Waals surface area contributed by atoms with Gasteiger partial charge in [0.15, 0.2) is 16.5 Å². The summed E-state index contributed by atoms with van der Waals surface area (Å²) >= 11 is 0. The quantitative estimate of drug-likeness (QED) is 0.798. The fourth-order valence-electron chi connectivity index (χ4n) is 1.88. The molecule has 0 spiro atoms. The molecule has 1 amide bonds. The molecule has 8 heteroatoms. The molecule has 3 rings (SSSR count). The smallest absolute Gasteiger partial charge is 0.412 e. The fraction of sp³-hybridized carbons (Fsp3) is 0.0714. The number of benzene rings is 1. The Balaban J connectivity index is 2.00. The minimum atomic E-state index is -1.40. The molecule has 2 heterocycles. The highest BCUT2D eigenvalue weighted by Gasteiger charge is 2.15. The zero-order chi connectivity index (χ0) is 15.7. The molecular weight excluding hydrogens is 304 g/mol. The van der Waals surface area contributed by atoms with Gasteiger partial charge in [-0.1, -0.05) is 18.2 Å². The monoisotopic (exact) mass is 316 g/mol. The van der Waals surface area contributed by atoms with E-state index in [2.05, 4.69) is 10.1 Å². The number of rotatable bonds is 3. The number of hydrogen-bond acceptors (Lipinski definition) is 4. The van der Waals surface area contributed by atoms with E-state index in [-0.39, 0.29) is 5.82 Å². The van der Waals surface area contributed by atoms with Gasteiger partial charge in [0.2, 0.25) is 0 Å². The van der Waals surface area contributed by atoms with Crippen molar-refractivity contribution in [1.29, 1.82) is 0 Å². The SMILES string of the molecule is CN(C(=O)O)c1cn2nc(S(=O)c3ccccc3)ccc2n1. The van der Waals surface area contributed by atoms with Crippen LogP contribution in [0.15, 0.2) is 58.6 Å². The van der Waals surface area contributed by atoms with Gasteiger partial charge in [-0.2, -0.15) is 5.10 Å². The second-order valence-electron chi connectivity index (χ2n) is 4.50. The molecule has 0 fully saturated rings. The molecule has 3 aromatic rings. The van der Waals surface area contributed by atoms with Crippen LogP contribution in [0.5, 0.6) is 0 Å². The molecule has 112 valence electrons. The Morgan fingerprint density at radius 2 is 1.95 bits per heavy atom. The van der Waals surface area contributed by atoms with Gasteiger partial charge in [0.05, 0.1) is 6.20 Å². The second kappa shape index (κ2) is 5.57. The van der Waals surface area contributed by atoms with Crippen LogP contribution in [0.4, 0.5) is 10.6 Å². The van der Waals surface area contributed by atoms with Gasteiger partial charge in [-0.25, -0.2) is 18.5 Å². The number of anilines is 1. The Hall–Kier alpha value is -2.74. The van der Waals surface area contributed by atoms with Crippen molar-refractivity contribution in [3.63, 3.8) is 0 Å².